The minimum atomic E-state index is -0.226. The zero-order chi connectivity index (χ0) is 20.1. The minimum Gasteiger partial charge on any atom is -0.492 e. The first kappa shape index (κ1) is 19.6. The summed E-state index contributed by atoms with van der Waals surface area (Å²) in [6.45, 7) is 3.62. The number of hydrogen-bond donors (Lipinski definition) is 0. The highest BCUT2D eigenvalue weighted by Crippen LogP contribution is 2.28. The van der Waals surface area contributed by atoms with Crippen LogP contribution in [0, 0.1) is 11.6 Å². The van der Waals surface area contributed by atoms with E-state index in [1.165, 1.54) is 17.7 Å². The molecule has 0 atom stereocenters. The molecule has 1 aliphatic rings. The number of rotatable bonds is 6. The van der Waals surface area contributed by atoms with Crippen LogP contribution < -0.4 is 4.74 Å². The smallest absolute Gasteiger partial charge is 0.123 e. The summed E-state index contributed by atoms with van der Waals surface area (Å²) in [4.78, 5) is 2.42. The maximum absolute atomic E-state index is 13.1. The Bertz CT molecular complexity index is 899. The molecule has 0 amide bonds. The van der Waals surface area contributed by atoms with E-state index < -0.39 is 0 Å². The fraction of sp³-hybridized carbons (Fsp3) is 0.280. The van der Waals surface area contributed by atoms with Gasteiger partial charge in [-0.25, -0.2) is 8.78 Å². The molecule has 3 aromatic rings. The second kappa shape index (κ2) is 9.19. The summed E-state index contributed by atoms with van der Waals surface area (Å²) in [5.41, 5.74) is 3.27. The highest BCUT2D eigenvalue weighted by Gasteiger charge is 2.20. The predicted molar refractivity (Wildman–Crippen MR) is 112 cm³/mol. The summed E-state index contributed by atoms with van der Waals surface area (Å²) in [6, 6.07) is 21.3. The van der Waals surface area contributed by atoms with Crippen molar-refractivity contribution < 1.29 is 13.5 Å². The molecule has 0 N–H and O–H groups in total. The van der Waals surface area contributed by atoms with Crippen LogP contribution in [0.15, 0.2) is 72.8 Å². The molecule has 0 spiro atoms. The largest absolute Gasteiger partial charge is 0.492 e. The highest BCUT2D eigenvalue weighted by molar-refractivity contribution is 5.63. The number of benzene rings is 3. The van der Waals surface area contributed by atoms with Crippen LogP contribution in [0.25, 0.3) is 11.1 Å². The molecule has 4 rings (SSSR count). The van der Waals surface area contributed by atoms with Crippen molar-refractivity contribution in [3.63, 3.8) is 0 Å². The Hall–Kier alpha value is -2.72. The van der Waals surface area contributed by atoms with Gasteiger partial charge in [-0.3, -0.25) is 4.90 Å². The molecule has 0 radical (unpaired) electrons. The number of hydrogen-bond acceptors (Lipinski definition) is 2. The van der Waals surface area contributed by atoms with E-state index in [1.807, 2.05) is 36.4 Å². The molecule has 0 bridgehead atoms. The molecule has 29 heavy (non-hydrogen) atoms. The Morgan fingerprint density at radius 3 is 1.83 bits per heavy atom. The number of likely N-dealkylation sites (tertiary alicyclic amines) is 1. The maximum atomic E-state index is 13.1. The van der Waals surface area contributed by atoms with Crippen molar-refractivity contribution in [2.45, 2.75) is 18.8 Å². The third-order valence-electron chi connectivity index (χ3n) is 5.64. The summed E-state index contributed by atoms with van der Waals surface area (Å²) in [7, 11) is 0. The second-order valence-electron chi connectivity index (χ2n) is 7.55. The molecular formula is C25H25F2NO. The Morgan fingerprint density at radius 2 is 1.24 bits per heavy atom. The molecule has 1 aliphatic heterocycles. The Morgan fingerprint density at radius 1 is 0.724 bits per heavy atom. The van der Waals surface area contributed by atoms with Crippen LogP contribution in [0.5, 0.6) is 5.75 Å². The predicted octanol–water partition coefficient (Wildman–Crippen LogP) is 5.89. The molecule has 0 aliphatic carbocycles. The van der Waals surface area contributed by atoms with E-state index in [1.54, 1.807) is 24.3 Å². The molecular weight excluding hydrogens is 368 g/mol. The number of halogens is 2. The van der Waals surface area contributed by atoms with Gasteiger partial charge < -0.3 is 4.74 Å². The van der Waals surface area contributed by atoms with Crippen LogP contribution in [0.3, 0.4) is 0 Å². The van der Waals surface area contributed by atoms with Crippen molar-refractivity contribution in [3.8, 4) is 16.9 Å². The zero-order valence-corrected chi connectivity index (χ0v) is 16.4. The monoisotopic (exact) mass is 393 g/mol. The van der Waals surface area contributed by atoms with Crippen molar-refractivity contribution in [3.05, 3.63) is 90.0 Å². The third-order valence-corrected chi connectivity index (χ3v) is 5.64. The van der Waals surface area contributed by atoms with Gasteiger partial charge in [0.15, 0.2) is 0 Å². The molecule has 4 heteroatoms. The lowest BCUT2D eigenvalue weighted by atomic mass is 9.89. The molecule has 0 saturated carbocycles. The molecule has 2 nitrogen and oxygen atoms in total. The van der Waals surface area contributed by atoms with Crippen molar-refractivity contribution in [2.24, 2.45) is 0 Å². The fourth-order valence-electron chi connectivity index (χ4n) is 3.90. The van der Waals surface area contributed by atoms with Crippen LogP contribution in [-0.2, 0) is 0 Å². The zero-order valence-electron chi connectivity index (χ0n) is 16.4. The van der Waals surface area contributed by atoms with E-state index in [9.17, 15) is 8.78 Å². The SMILES string of the molecule is Fc1ccc(-c2ccc(OCCN3CCC(c4ccc(F)cc4)CC3)cc2)cc1. The summed E-state index contributed by atoms with van der Waals surface area (Å²) in [6.07, 6.45) is 2.19. The Labute approximate surface area is 170 Å². The lowest BCUT2D eigenvalue weighted by molar-refractivity contribution is 0.173. The van der Waals surface area contributed by atoms with Crippen LogP contribution in [0.1, 0.15) is 24.3 Å². The van der Waals surface area contributed by atoms with Gasteiger partial charge in [0.2, 0.25) is 0 Å². The topological polar surface area (TPSA) is 12.5 Å². The molecule has 0 unspecified atom stereocenters. The molecule has 1 saturated heterocycles. The summed E-state index contributed by atoms with van der Waals surface area (Å²) in [5, 5.41) is 0. The molecule has 0 aromatic heterocycles. The summed E-state index contributed by atoms with van der Waals surface area (Å²) >= 11 is 0. The first-order chi connectivity index (χ1) is 14.2. The highest BCUT2D eigenvalue weighted by atomic mass is 19.1. The molecule has 1 heterocycles. The number of ether oxygens (including phenoxy) is 1. The van der Waals surface area contributed by atoms with Gasteiger partial charge in [-0.15, -0.1) is 0 Å². The van der Waals surface area contributed by atoms with E-state index >= 15 is 0 Å². The van der Waals surface area contributed by atoms with Crippen LogP contribution in [0.4, 0.5) is 8.78 Å². The average Bonchev–Trinajstić information content (AvgIpc) is 2.76. The number of piperidine rings is 1. The number of nitrogens with zero attached hydrogens (tertiary/aromatic N) is 1. The van der Waals surface area contributed by atoms with Gasteiger partial charge in [-0.2, -0.15) is 0 Å². The lowest BCUT2D eigenvalue weighted by Crippen LogP contribution is -2.35. The van der Waals surface area contributed by atoms with Crippen molar-refractivity contribution in [1.29, 1.82) is 0 Å². The normalized spacial score (nSPS) is 15.4. The van der Waals surface area contributed by atoms with Gasteiger partial charge in [-0.05, 0) is 84.9 Å². The first-order valence-corrected chi connectivity index (χ1v) is 10.1. The van der Waals surface area contributed by atoms with Crippen molar-refractivity contribution in [2.75, 3.05) is 26.2 Å². The molecule has 1 fully saturated rings. The molecule has 3 aromatic carbocycles. The van der Waals surface area contributed by atoms with E-state index in [2.05, 4.69) is 4.90 Å². The first-order valence-electron chi connectivity index (χ1n) is 10.1. The Kier molecular flexibility index (Phi) is 6.20. The van der Waals surface area contributed by atoms with E-state index in [4.69, 9.17) is 4.74 Å². The molecule has 150 valence electrons. The quantitative estimate of drug-likeness (QED) is 0.518. The lowest BCUT2D eigenvalue weighted by Gasteiger charge is -2.32. The average molecular weight is 393 g/mol. The van der Waals surface area contributed by atoms with Crippen molar-refractivity contribution in [1.82, 2.24) is 4.90 Å². The maximum Gasteiger partial charge on any atom is 0.123 e. The summed E-state index contributed by atoms with van der Waals surface area (Å²) < 4.78 is 32.0. The van der Waals surface area contributed by atoms with Gasteiger partial charge in [0.25, 0.3) is 0 Å². The third kappa shape index (κ3) is 5.21. The Balaban J connectivity index is 1.21. The fourth-order valence-corrected chi connectivity index (χ4v) is 3.90. The standard InChI is InChI=1S/C25H25F2NO/c26-23-7-1-19(2-8-23)21-5-11-25(12-6-21)29-18-17-28-15-13-22(14-16-28)20-3-9-24(27)10-4-20/h1-12,22H,13-18H2. The van der Waals surface area contributed by atoms with E-state index in [0.29, 0.717) is 12.5 Å². The van der Waals surface area contributed by atoms with Crippen LogP contribution in [-0.4, -0.2) is 31.1 Å². The van der Waals surface area contributed by atoms with E-state index in [-0.39, 0.29) is 11.6 Å². The van der Waals surface area contributed by atoms with Crippen LogP contribution >= 0.6 is 0 Å². The second-order valence-corrected chi connectivity index (χ2v) is 7.55. The van der Waals surface area contributed by atoms with E-state index in [0.717, 1.165) is 49.4 Å². The van der Waals surface area contributed by atoms with Gasteiger partial charge >= 0.3 is 0 Å². The van der Waals surface area contributed by atoms with Gasteiger partial charge in [0, 0.05) is 6.54 Å². The van der Waals surface area contributed by atoms with Gasteiger partial charge in [-0.1, -0.05) is 36.4 Å². The van der Waals surface area contributed by atoms with Gasteiger partial charge in [0.1, 0.15) is 24.0 Å². The van der Waals surface area contributed by atoms with Crippen LogP contribution in [0.2, 0.25) is 0 Å². The van der Waals surface area contributed by atoms with Gasteiger partial charge in [0.05, 0.1) is 0 Å². The van der Waals surface area contributed by atoms with Crippen molar-refractivity contribution >= 4 is 0 Å². The minimum absolute atomic E-state index is 0.172. The summed E-state index contributed by atoms with van der Waals surface area (Å²) in [5.74, 6) is 0.966.